The van der Waals surface area contributed by atoms with Crippen molar-refractivity contribution in [1.29, 1.82) is 0 Å². The number of hydrogen-bond donors (Lipinski definition) is 0. The number of aromatic nitrogens is 4. The summed E-state index contributed by atoms with van der Waals surface area (Å²) in [5, 5.41) is 7.75. The van der Waals surface area contributed by atoms with Gasteiger partial charge < -0.3 is 4.90 Å². The Labute approximate surface area is 137 Å². The van der Waals surface area contributed by atoms with Crippen molar-refractivity contribution in [1.82, 2.24) is 24.5 Å². The number of hydrogen-bond acceptors (Lipinski definition) is 3. The first-order valence-electron chi connectivity index (χ1n) is 7.45. The van der Waals surface area contributed by atoms with E-state index < -0.39 is 17.8 Å². The van der Waals surface area contributed by atoms with Gasteiger partial charge in [-0.25, -0.2) is 0 Å². The molecule has 0 saturated heterocycles. The second-order valence-corrected chi connectivity index (χ2v) is 5.66. The highest BCUT2D eigenvalue weighted by molar-refractivity contribution is 5.92. The highest BCUT2D eigenvalue weighted by Crippen LogP contribution is 2.28. The fraction of sp³-hybridized carbons (Fsp3) is 0.533. The summed E-state index contributed by atoms with van der Waals surface area (Å²) in [5.41, 5.74) is 1.45. The Kier molecular flexibility index (Phi) is 4.73. The largest absolute Gasteiger partial charge is 0.435 e. The van der Waals surface area contributed by atoms with E-state index in [0.29, 0.717) is 6.54 Å². The second-order valence-electron chi connectivity index (χ2n) is 5.66. The molecule has 2 aromatic heterocycles. The van der Waals surface area contributed by atoms with Crippen molar-refractivity contribution >= 4 is 5.91 Å². The lowest BCUT2D eigenvalue weighted by atomic mass is 10.2. The molecule has 0 fully saturated rings. The summed E-state index contributed by atoms with van der Waals surface area (Å²) in [4.78, 5) is 13.8. The minimum Gasteiger partial charge on any atom is -0.336 e. The first kappa shape index (κ1) is 18.0. The van der Waals surface area contributed by atoms with Crippen molar-refractivity contribution < 1.29 is 18.0 Å². The van der Waals surface area contributed by atoms with Crippen molar-refractivity contribution in [2.45, 2.75) is 40.0 Å². The van der Waals surface area contributed by atoms with Gasteiger partial charge in [-0.3, -0.25) is 14.2 Å². The predicted octanol–water partition coefficient (Wildman–Crippen LogP) is 2.54. The van der Waals surface area contributed by atoms with Gasteiger partial charge in [-0.1, -0.05) is 0 Å². The summed E-state index contributed by atoms with van der Waals surface area (Å²) in [6, 6.07) is 0.772. The fourth-order valence-corrected chi connectivity index (χ4v) is 2.58. The highest BCUT2D eigenvalue weighted by atomic mass is 19.4. The van der Waals surface area contributed by atoms with Crippen LogP contribution in [0.15, 0.2) is 6.07 Å². The smallest absolute Gasteiger partial charge is 0.336 e. The first-order chi connectivity index (χ1) is 11.1. The maximum Gasteiger partial charge on any atom is 0.435 e. The average Bonchev–Trinajstić information content (AvgIpc) is 3.01. The molecule has 2 aromatic rings. The zero-order valence-electron chi connectivity index (χ0n) is 14.3. The van der Waals surface area contributed by atoms with Crippen LogP contribution in [0.2, 0.25) is 0 Å². The summed E-state index contributed by atoms with van der Waals surface area (Å²) in [7, 11) is 2.87. The zero-order valence-corrected chi connectivity index (χ0v) is 14.3. The Morgan fingerprint density at radius 3 is 2.38 bits per heavy atom. The van der Waals surface area contributed by atoms with Gasteiger partial charge in [0.05, 0.1) is 5.69 Å². The molecule has 0 saturated carbocycles. The monoisotopic (exact) mass is 343 g/mol. The third-order valence-electron chi connectivity index (χ3n) is 3.96. The van der Waals surface area contributed by atoms with Gasteiger partial charge in [-0.15, -0.1) is 0 Å². The van der Waals surface area contributed by atoms with E-state index in [1.165, 1.54) is 11.9 Å². The van der Waals surface area contributed by atoms with Gasteiger partial charge in [0.15, 0.2) is 5.69 Å². The van der Waals surface area contributed by atoms with E-state index in [1.807, 2.05) is 25.5 Å². The third-order valence-corrected chi connectivity index (χ3v) is 3.96. The fourth-order valence-electron chi connectivity index (χ4n) is 2.58. The van der Waals surface area contributed by atoms with Crippen molar-refractivity contribution in [3.8, 4) is 0 Å². The van der Waals surface area contributed by atoms with Crippen LogP contribution in [0.3, 0.4) is 0 Å². The van der Waals surface area contributed by atoms with E-state index in [1.54, 1.807) is 7.05 Å². The average molecular weight is 343 g/mol. The molecule has 6 nitrogen and oxygen atoms in total. The Morgan fingerprint density at radius 1 is 1.29 bits per heavy atom. The van der Waals surface area contributed by atoms with Gasteiger partial charge in [0.25, 0.3) is 5.91 Å². The van der Waals surface area contributed by atoms with E-state index in [4.69, 9.17) is 0 Å². The minimum atomic E-state index is -4.58. The standard InChI is InChI=1S/C15H20F3N5O/c1-6-23-10(3)11(9(2)19-23)8-21(4)14(24)12-7-13(15(16,17)18)20-22(12)5/h7H,6,8H2,1-5H3. The van der Waals surface area contributed by atoms with E-state index in [2.05, 4.69) is 10.2 Å². The van der Waals surface area contributed by atoms with Gasteiger partial charge in [0.1, 0.15) is 5.69 Å². The lowest BCUT2D eigenvalue weighted by Gasteiger charge is -2.17. The van der Waals surface area contributed by atoms with Crippen LogP contribution in [-0.2, 0) is 26.3 Å². The maximum atomic E-state index is 12.7. The summed E-state index contributed by atoms with van der Waals surface area (Å²) >= 11 is 0. The van der Waals surface area contributed by atoms with Crippen LogP contribution in [0.25, 0.3) is 0 Å². The number of aryl methyl sites for hydroxylation is 3. The molecule has 0 unspecified atom stereocenters. The van der Waals surface area contributed by atoms with Crippen molar-refractivity contribution in [3.05, 3.63) is 34.4 Å². The minimum absolute atomic E-state index is 0.108. The lowest BCUT2D eigenvalue weighted by Crippen LogP contribution is -2.28. The molecular weight excluding hydrogens is 323 g/mol. The van der Waals surface area contributed by atoms with Gasteiger partial charge >= 0.3 is 6.18 Å². The molecule has 24 heavy (non-hydrogen) atoms. The van der Waals surface area contributed by atoms with Gasteiger partial charge in [0, 0.05) is 44.5 Å². The Hall–Kier alpha value is -2.32. The van der Waals surface area contributed by atoms with Gasteiger partial charge in [-0.05, 0) is 20.8 Å². The Balaban J connectivity index is 2.25. The second kappa shape index (κ2) is 6.29. The highest BCUT2D eigenvalue weighted by Gasteiger charge is 2.35. The number of alkyl halides is 3. The number of carbonyl (C=O) groups is 1. The molecule has 132 valence electrons. The molecule has 0 aliphatic carbocycles. The number of halogens is 3. The normalized spacial score (nSPS) is 11.8. The summed E-state index contributed by atoms with van der Waals surface area (Å²) < 4.78 is 41.0. The number of amides is 1. The van der Waals surface area contributed by atoms with Crippen molar-refractivity contribution in [3.63, 3.8) is 0 Å². The number of rotatable bonds is 4. The molecule has 1 amide bonds. The van der Waals surface area contributed by atoms with Crippen LogP contribution >= 0.6 is 0 Å². The van der Waals surface area contributed by atoms with Gasteiger partial charge in [-0.2, -0.15) is 23.4 Å². The SMILES string of the molecule is CCn1nc(C)c(CN(C)C(=O)c2cc(C(F)(F)F)nn2C)c1C. The number of carbonyl (C=O) groups excluding carboxylic acids is 1. The Morgan fingerprint density at radius 2 is 1.92 bits per heavy atom. The molecule has 0 N–H and O–H groups in total. The predicted molar refractivity (Wildman–Crippen MR) is 81.4 cm³/mol. The lowest BCUT2D eigenvalue weighted by molar-refractivity contribution is -0.141. The molecule has 0 radical (unpaired) electrons. The summed E-state index contributed by atoms with van der Waals surface area (Å²) in [5.74, 6) is -0.524. The maximum absolute atomic E-state index is 12.7. The van der Waals surface area contributed by atoms with Crippen LogP contribution in [-0.4, -0.2) is 37.4 Å². The van der Waals surface area contributed by atoms with E-state index >= 15 is 0 Å². The summed E-state index contributed by atoms with van der Waals surface area (Å²) in [6.45, 7) is 6.69. The molecule has 0 aliphatic rings. The van der Waals surface area contributed by atoms with Crippen molar-refractivity contribution in [2.24, 2.45) is 7.05 Å². The molecule has 9 heteroatoms. The molecule has 2 rings (SSSR count). The van der Waals surface area contributed by atoms with Crippen LogP contribution in [0.1, 0.15) is 40.1 Å². The topological polar surface area (TPSA) is 56.0 Å². The molecule has 0 atom stereocenters. The van der Waals surface area contributed by atoms with Crippen LogP contribution < -0.4 is 0 Å². The zero-order chi connectivity index (χ0) is 18.2. The van der Waals surface area contributed by atoms with E-state index in [9.17, 15) is 18.0 Å². The Bertz CT molecular complexity index is 760. The van der Waals surface area contributed by atoms with Crippen LogP contribution in [0.4, 0.5) is 13.2 Å². The molecule has 0 aliphatic heterocycles. The van der Waals surface area contributed by atoms with E-state index in [0.717, 1.165) is 27.7 Å². The third kappa shape index (κ3) is 3.29. The molecule has 0 aromatic carbocycles. The molecule has 0 spiro atoms. The molecule has 0 bridgehead atoms. The molecule has 2 heterocycles. The summed E-state index contributed by atoms with van der Waals surface area (Å²) in [6.07, 6.45) is -4.58. The number of nitrogens with zero attached hydrogens (tertiary/aromatic N) is 5. The first-order valence-corrected chi connectivity index (χ1v) is 7.45. The van der Waals surface area contributed by atoms with Crippen LogP contribution in [0.5, 0.6) is 0 Å². The van der Waals surface area contributed by atoms with Gasteiger partial charge in [0.2, 0.25) is 0 Å². The van der Waals surface area contributed by atoms with E-state index in [-0.39, 0.29) is 12.2 Å². The van der Waals surface area contributed by atoms with Crippen molar-refractivity contribution in [2.75, 3.05) is 7.05 Å². The molecular formula is C15H20F3N5O. The van der Waals surface area contributed by atoms with Crippen LogP contribution in [0, 0.1) is 13.8 Å². The quantitative estimate of drug-likeness (QED) is 0.857.